The summed E-state index contributed by atoms with van der Waals surface area (Å²) in [5.41, 5.74) is 2.34. The molecule has 0 saturated carbocycles. The van der Waals surface area contributed by atoms with Gasteiger partial charge in [-0.05, 0) is 24.6 Å². The molecule has 0 radical (unpaired) electrons. The number of thiol groups is 1. The Bertz CT molecular complexity index is 233. The van der Waals surface area contributed by atoms with Gasteiger partial charge in [0.15, 0.2) is 0 Å². The minimum Gasteiger partial charge on any atom is -0.387 e. The Labute approximate surface area is 66.9 Å². The minimum absolute atomic E-state index is 0.994. The van der Waals surface area contributed by atoms with Crippen LogP contribution in [-0.4, -0.2) is 7.05 Å². The Morgan fingerprint density at radius 2 is 2.10 bits per heavy atom. The maximum atomic E-state index is 4.26. The molecule has 1 N–H and O–H groups in total. The molecule has 1 aromatic rings. The van der Waals surface area contributed by atoms with E-state index >= 15 is 0 Å². The Hall–Kier alpha value is -0.630. The van der Waals surface area contributed by atoms with E-state index in [1.807, 2.05) is 19.2 Å². The first kappa shape index (κ1) is 7.48. The van der Waals surface area contributed by atoms with Crippen molar-refractivity contribution in [2.45, 2.75) is 11.8 Å². The van der Waals surface area contributed by atoms with Crippen LogP contribution in [0.15, 0.2) is 23.1 Å². The first-order valence-electron chi connectivity index (χ1n) is 3.21. The molecule has 0 bridgehead atoms. The van der Waals surface area contributed by atoms with E-state index in [9.17, 15) is 0 Å². The van der Waals surface area contributed by atoms with Crippen molar-refractivity contribution in [3.05, 3.63) is 23.8 Å². The van der Waals surface area contributed by atoms with Crippen molar-refractivity contribution < 1.29 is 0 Å². The molecule has 10 heavy (non-hydrogen) atoms. The third kappa shape index (κ3) is 1.45. The van der Waals surface area contributed by atoms with Gasteiger partial charge in [0.25, 0.3) is 0 Å². The van der Waals surface area contributed by atoms with E-state index in [0.29, 0.717) is 0 Å². The Morgan fingerprint density at radius 3 is 2.60 bits per heavy atom. The lowest BCUT2D eigenvalue weighted by atomic mass is 10.2. The van der Waals surface area contributed by atoms with Gasteiger partial charge in [0, 0.05) is 17.6 Å². The van der Waals surface area contributed by atoms with Crippen LogP contribution >= 0.6 is 12.6 Å². The van der Waals surface area contributed by atoms with Crippen LogP contribution in [0.5, 0.6) is 0 Å². The molecule has 0 unspecified atom stereocenters. The molecule has 0 fully saturated rings. The van der Waals surface area contributed by atoms with Crippen molar-refractivity contribution in [1.29, 1.82) is 0 Å². The van der Waals surface area contributed by atoms with Crippen LogP contribution in [0, 0.1) is 6.92 Å². The topological polar surface area (TPSA) is 12.0 Å². The van der Waals surface area contributed by atoms with Crippen LogP contribution in [0.25, 0.3) is 0 Å². The van der Waals surface area contributed by atoms with E-state index in [1.54, 1.807) is 0 Å². The molecular weight excluding hydrogens is 142 g/mol. The van der Waals surface area contributed by atoms with Gasteiger partial charge in [-0.25, -0.2) is 0 Å². The lowest BCUT2D eigenvalue weighted by Crippen LogP contribution is -1.89. The van der Waals surface area contributed by atoms with Crippen molar-refractivity contribution in [1.82, 2.24) is 0 Å². The molecule has 1 rings (SSSR count). The van der Waals surface area contributed by atoms with Gasteiger partial charge in [-0.1, -0.05) is 6.07 Å². The zero-order valence-corrected chi connectivity index (χ0v) is 7.07. The molecule has 1 nitrogen and oxygen atoms in total. The van der Waals surface area contributed by atoms with Gasteiger partial charge in [0.1, 0.15) is 0 Å². The molecule has 0 atom stereocenters. The van der Waals surface area contributed by atoms with Crippen molar-refractivity contribution >= 4 is 18.3 Å². The first-order chi connectivity index (χ1) is 4.74. The van der Waals surface area contributed by atoms with Crippen molar-refractivity contribution in [2.24, 2.45) is 0 Å². The van der Waals surface area contributed by atoms with E-state index in [4.69, 9.17) is 0 Å². The summed E-state index contributed by atoms with van der Waals surface area (Å²) in [7, 11) is 1.90. The average molecular weight is 153 g/mol. The second kappa shape index (κ2) is 2.97. The van der Waals surface area contributed by atoms with Crippen LogP contribution in [-0.2, 0) is 0 Å². The SMILES string of the molecule is CNc1cc(C)ccc1S. The van der Waals surface area contributed by atoms with Crippen molar-refractivity contribution in [3.63, 3.8) is 0 Å². The van der Waals surface area contributed by atoms with Gasteiger partial charge in [-0.2, -0.15) is 0 Å². The smallest absolute Gasteiger partial charge is 0.0475 e. The molecule has 1 aromatic carbocycles. The van der Waals surface area contributed by atoms with Crippen molar-refractivity contribution in [3.8, 4) is 0 Å². The van der Waals surface area contributed by atoms with Crippen LogP contribution in [0.1, 0.15) is 5.56 Å². The number of nitrogens with one attached hydrogen (secondary N) is 1. The lowest BCUT2D eigenvalue weighted by Gasteiger charge is -2.03. The van der Waals surface area contributed by atoms with E-state index < -0.39 is 0 Å². The van der Waals surface area contributed by atoms with E-state index in [1.165, 1.54) is 5.56 Å². The third-order valence-corrected chi connectivity index (χ3v) is 1.81. The molecule has 0 spiro atoms. The van der Waals surface area contributed by atoms with Crippen LogP contribution in [0.3, 0.4) is 0 Å². The number of rotatable bonds is 1. The number of anilines is 1. The molecule has 0 aromatic heterocycles. The average Bonchev–Trinajstić information content (AvgIpc) is 1.94. The molecule has 54 valence electrons. The second-order valence-electron chi connectivity index (χ2n) is 2.27. The highest BCUT2D eigenvalue weighted by Crippen LogP contribution is 2.19. The third-order valence-electron chi connectivity index (χ3n) is 1.42. The lowest BCUT2D eigenvalue weighted by molar-refractivity contribution is 1.34. The maximum absolute atomic E-state index is 4.26. The summed E-state index contributed by atoms with van der Waals surface area (Å²) in [4.78, 5) is 0.994. The van der Waals surface area contributed by atoms with Gasteiger partial charge < -0.3 is 5.32 Å². The predicted octanol–water partition coefficient (Wildman–Crippen LogP) is 2.33. The van der Waals surface area contributed by atoms with Gasteiger partial charge in [-0.15, -0.1) is 12.6 Å². The Balaban J connectivity index is 3.09. The number of benzene rings is 1. The molecular formula is C8H11NS. The largest absolute Gasteiger partial charge is 0.387 e. The summed E-state index contributed by atoms with van der Waals surface area (Å²) in [6.07, 6.45) is 0. The summed E-state index contributed by atoms with van der Waals surface area (Å²) in [5, 5.41) is 3.06. The maximum Gasteiger partial charge on any atom is 0.0475 e. The zero-order valence-electron chi connectivity index (χ0n) is 6.18. The zero-order chi connectivity index (χ0) is 7.56. The number of aryl methyl sites for hydroxylation is 1. The summed E-state index contributed by atoms with van der Waals surface area (Å²) < 4.78 is 0. The van der Waals surface area contributed by atoms with Gasteiger partial charge in [-0.3, -0.25) is 0 Å². The summed E-state index contributed by atoms with van der Waals surface area (Å²) >= 11 is 4.26. The second-order valence-corrected chi connectivity index (χ2v) is 2.75. The van der Waals surface area contributed by atoms with Gasteiger partial charge in [0.2, 0.25) is 0 Å². The molecule has 0 amide bonds. The monoisotopic (exact) mass is 153 g/mol. The highest BCUT2D eigenvalue weighted by molar-refractivity contribution is 7.80. The van der Waals surface area contributed by atoms with E-state index in [2.05, 4.69) is 30.9 Å². The standard InChI is InChI=1S/C8H11NS/c1-6-3-4-8(10)7(5-6)9-2/h3-5,9-10H,1-2H3. The highest BCUT2D eigenvalue weighted by atomic mass is 32.1. The fraction of sp³-hybridized carbons (Fsp3) is 0.250. The Morgan fingerprint density at radius 1 is 1.40 bits per heavy atom. The summed E-state index contributed by atoms with van der Waals surface area (Å²) in [5.74, 6) is 0. The fourth-order valence-corrected chi connectivity index (χ4v) is 1.10. The van der Waals surface area contributed by atoms with Gasteiger partial charge in [0.05, 0.1) is 0 Å². The first-order valence-corrected chi connectivity index (χ1v) is 3.66. The highest BCUT2D eigenvalue weighted by Gasteiger charge is 1.93. The summed E-state index contributed by atoms with van der Waals surface area (Å²) in [6.45, 7) is 2.06. The van der Waals surface area contributed by atoms with Crippen LogP contribution < -0.4 is 5.32 Å². The molecule has 2 heteroatoms. The molecule has 0 aliphatic rings. The van der Waals surface area contributed by atoms with Crippen molar-refractivity contribution in [2.75, 3.05) is 12.4 Å². The quantitative estimate of drug-likeness (QED) is 0.590. The fourth-order valence-electron chi connectivity index (χ4n) is 0.850. The molecule has 0 aliphatic heterocycles. The summed E-state index contributed by atoms with van der Waals surface area (Å²) in [6, 6.07) is 6.11. The van der Waals surface area contributed by atoms with E-state index in [-0.39, 0.29) is 0 Å². The number of hydrogen-bond acceptors (Lipinski definition) is 2. The minimum atomic E-state index is 0.994. The van der Waals surface area contributed by atoms with Crippen LogP contribution in [0.4, 0.5) is 5.69 Å². The van der Waals surface area contributed by atoms with Crippen LogP contribution in [0.2, 0.25) is 0 Å². The molecule has 0 aliphatic carbocycles. The Kier molecular flexibility index (Phi) is 2.22. The normalized spacial score (nSPS) is 9.50. The molecule has 0 saturated heterocycles. The number of hydrogen-bond donors (Lipinski definition) is 2. The van der Waals surface area contributed by atoms with Gasteiger partial charge >= 0.3 is 0 Å². The molecule has 0 heterocycles. The van der Waals surface area contributed by atoms with E-state index in [0.717, 1.165) is 10.6 Å². The predicted molar refractivity (Wildman–Crippen MR) is 48.0 cm³/mol.